The van der Waals surface area contributed by atoms with E-state index in [4.69, 9.17) is 16.3 Å². The minimum Gasteiger partial charge on any atom is -0.449 e. The van der Waals surface area contributed by atoms with Gasteiger partial charge in [-0.1, -0.05) is 37.6 Å². The van der Waals surface area contributed by atoms with Gasteiger partial charge < -0.3 is 10.1 Å². The molecule has 2 rings (SSSR count). The fourth-order valence-electron chi connectivity index (χ4n) is 2.69. The molecule has 0 saturated heterocycles. The Morgan fingerprint density at radius 1 is 1.03 bits per heavy atom. The lowest BCUT2D eigenvalue weighted by Gasteiger charge is -2.18. The average Bonchev–Trinajstić information content (AvgIpc) is 2.73. The third-order valence-corrected chi connectivity index (χ3v) is 6.78. The zero-order chi connectivity index (χ0) is 22.3. The van der Waals surface area contributed by atoms with E-state index in [-0.39, 0.29) is 17.0 Å². The SMILES string of the molecule is CCN(CC)S(=O)(=O)c1ccc(C(=O)OC(C)C(=O)NCc2ccc(Cl)cc2)cc1. The van der Waals surface area contributed by atoms with Gasteiger partial charge in [-0.25, -0.2) is 13.2 Å². The van der Waals surface area contributed by atoms with Crippen molar-refractivity contribution in [2.24, 2.45) is 0 Å². The van der Waals surface area contributed by atoms with Gasteiger partial charge in [0, 0.05) is 24.7 Å². The van der Waals surface area contributed by atoms with E-state index >= 15 is 0 Å². The van der Waals surface area contributed by atoms with Gasteiger partial charge in [0.05, 0.1) is 10.5 Å². The number of nitrogens with one attached hydrogen (secondary N) is 1. The fraction of sp³-hybridized carbons (Fsp3) is 0.333. The summed E-state index contributed by atoms with van der Waals surface area (Å²) in [4.78, 5) is 24.6. The summed E-state index contributed by atoms with van der Waals surface area (Å²) in [7, 11) is -3.61. The van der Waals surface area contributed by atoms with Crippen LogP contribution < -0.4 is 5.32 Å². The summed E-state index contributed by atoms with van der Waals surface area (Å²) in [6, 6.07) is 12.5. The zero-order valence-corrected chi connectivity index (χ0v) is 18.7. The van der Waals surface area contributed by atoms with E-state index in [2.05, 4.69) is 5.32 Å². The van der Waals surface area contributed by atoms with E-state index < -0.39 is 28.0 Å². The van der Waals surface area contributed by atoms with Gasteiger partial charge in [0.1, 0.15) is 0 Å². The van der Waals surface area contributed by atoms with E-state index in [1.54, 1.807) is 38.1 Å². The predicted molar refractivity (Wildman–Crippen MR) is 115 cm³/mol. The fourth-order valence-corrected chi connectivity index (χ4v) is 4.28. The van der Waals surface area contributed by atoms with Gasteiger partial charge >= 0.3 is 5.97 Å². The summed E-state index contributed by atoms with van der Waals surface area (Å²) in [5.74, 6) is -1.16. The molecule has 0 aromatic heterocycles. The van der Waals surface area contributed by atoms with Crippen LogP contribution in [0.4, 0.5) is 0 Å². The molecule has 2 aromatic carbocycles. The molecular formula is C21H25ClN2O5S. The first kappa shape index (κ1) is 23.9. The van der Waals surface area contributed by atoms with Gasteiger partial charge in [-0.2, -0.15) is 4.31 Å². The maximum atomic E-state index is 12.5. The number of sulfonamides is 1. The number of hydrogen-bond acceptors (Lipinski definition) is 5. The van der Waals surface area contributed by atoms with Crippen molar-refractivity contribution in [1.82, 2.24) is 9.62 Å². The number of hydrogen-bond donors (Lipinski definition) is 1. The number of esters is 1. The van der Waals surface area contributed by atoms with E-state index in [0.717, 1.165) is 5.56 Å². The van der Waals surface area contributed by atoms with Gasteiger partial charge in [0.2, 0.25) is 10.0 Å². The Hall–Kier alpha value is -2.42. The highest BCUT2D eigenvalue weighted by atomic mass is 35.5. The highest BCUT2D eigenvalue weighted by Crippen LogP contribution is 2.17. The first-order valence-electron chi connectivity index (χ1n) is 9.52. The van der Waals surface area contributed by atoms with Crippen LogP contribution in [-0.2, 0) is 26.1 Å². The molecule has 0 aliphatic rings. The van der Waals surface area contributed by atoms with Crippen LogP contribution in [-0.4, -0.2) is 43.8 Å². The molecule has 162 valence electrons. The van der Waals surface area contributed by atoms with E-state index in [1.807, 2.05) is 0 Å². The number of carbonyl (C=O) groups is 2. The maximum absolute atomic E-state index is 12.5. The molecule has 7 nitrogen and oxygen atoms in total. The molecule has 0 spiro atoms. The third kappa shape index (κ3) is 6.04. The van der Waals surface area contributed by atoms with Crippen LogP contribution in [0.5, 0.6) is 0 Å². The summed E-state index contributed by atoms with van der Waals surface area (Å²) in [6.07, 6.45) is -1.01. The number of amides is 1. The molecule has 0 fully saturated rings. The van der Waals surface area contributed by atoms with Gasteiger partial charge in [-0.3, -0.25) is 4.79 Å². The average molecular weight is 453 g/mol. The second-order valence-corrected chi connectivity index (χ2v) is 8.88. The summed E-state index contributed by atoms with van der Waals surface area (Å²) >= 11 is 5.82. The molecule has 0 saturated carbocycles. The van der Waals surface area contributed by atoms with Crippen LogP contribution in [0.25, 0.3) is 0 Å². The molecular weight excluding hydrogens is 428 g/mol. The van der Waals surface area contributed by atoms with Gasteiger partial charge in [-0.15, -0.1) is 0 Å². The van der Waals surface area contributed by atoms with Crippen molar-refractivity contribution in [2.45, 2.75) is 38.3 Å². The molecule has 1 unspecified atom stereocenters. The van der Waals surface area contributed by atoms with Crippen molar-refractivity contribution in [3.05, 3.63) is 64.7 Å². The summed E-state index contributed by atoms with van der Waals surface area (Å²) in [5, 5.41) is 3.29. The zero-order valence-electron chi connectivity index (χ0n) is 17.1. The Morgan fingerprint density at radius 2 is 1.60 bits per heavy atom. The number of benzene rings is 2. The first-order valence-corrected chi connectivity index (χ1v) is 11.3. The largest absolute Gasteiger partial charge is 0.449 e. The molecule has 1 amide bonds. The monoisotopic (exact) mass is 452 g/mol. The molecule has 2 aromatic rings. The molecule has 0 heterocycles. The van der Waals surface area contributed by atoms with Crippen LogP contribution >= 0.6 is 11.6 Å². The van der Waals surface area contributed by atoms with Crippen LogP contribution in [0, 0.1) is 0 Å². The van der Waals surface area contributed by atoms with E-state index in [0.29, 0.717) is 18.1 Å². The summed E-state index contributed by atoms with van der Waals surface area (Å²) < 4.78 is 31.5. The molecule has 0 aliphatic carbocycles. The normalized spacial score (nSPS) is 12.4. The highest BCUT2D eigenvalue weighted by Gasteiger charge is 2.23. The summed E-state index contributed by atoms with van der Waals surface area (Å²) in [6.45, 7) is 5.96. The standard InChI is InChI=1S/C21H25ClN2O5S/c1-4-24(5-2)30(27,28)19-12-8-17(9-13-19)21(26)29-15(3)20(25)23-14-16-6-10-18(22)11-7-16/h6-13,15H,4-5,14H2,1-3H3,(H,23,25). The van der Waals surface area contributed by atoms with Crippen LogP contribution in [0.3, 0.4) is 0 Å². The maximum Gasteiger partial charge on any atom is 0.338 e. The Bertz CT molecular complexity index is 971. The molecule has 30 heavy (non-hydrogen) atoms. The van der Waals surface area contributed by atoms with E-state index in [9.17, 15) is 18.0 Å². The minimum atomic E-state index is -3.61. The molecule has 0 bridgehead atoms. The van der Waals surface area contributed by atoms with Gasteiger partial charge in [0.25, 0.3) is 5.91 Å². The molecule has 9 heteroatoms. The van der Waals surface area contributed by atoms with Crippen molar-refractivity contribution in [3.63, 3.8) is 0 Å². The van der Waals surface area contributed by atoms with Crippen molar-refractivity contribution in [3.8, 4) is 0 Å². The van der Waals surface area contributed by atoms with Crippen LogP contribution in [0.2, 0.25) is 5.02 Å². The second kappa shape index (κ2) is 10.6. The van der Waals surface area contributed by atoms with Crippen molar-refractivity contribution in [1.29, 1.82) is 0 Å². The first-order chi connectivity index (χ1) is 14.2. The highest BCUT2D eigenvalue weighted by molar-refractivity contribution is 7.89. The Balaban J connectivity index is 1.96. The predicted octanol–water partition coefficient (Wildman–Crippen LogP) is 3.23. The molecule has 0 radical (unpaired) electrons. The molecule has 0 aliphatic heterocycles. The smallest absolute Gasteiger partial charge is 0.338 e. The number of halogens is 1. The topological polar surface area (TPSA) is 92.8 Å². The molecule has 1 N–H and O–H groups in total. The van der Waals surface area contributed by atoms with Crippen LogP contribution in [0.15, 0.2) is 53.4 Å². The van der Waals surface area contributed by atoms with E-state index in [1.165, 1.54) is 35.5 Å². The Kier molecular flexibility index (Phi) is 8.40. The van der Waals surface area contributed by atoms with Gasteiger partial charge in [-0.05, 0) is 48.9 Å². The lowest BCUT2D eigenvalue weighted by molar-refractivity contribution is -0.129. The number of rotatable bonds is 9. The third-order valence-electron chi connectivity index (χ3n) is 4.47. The van der Waals surface area contributed by atoms with Crippen LogP contribution in [0.1, 0.15) is 36.7 Å². The second-order valence-electron chi connectivity index (χ2n) is 6.51. The van der Waals surface area contributed by atoms with Crippen molar-refractivity contribution < 1.29 is 22.7 Å². The summed E-state index contributed by atoms with van der Waals surface area (Å²) in [5.41, 5.74) is 1.02. The number of carbonyl (C=O) groups excluding carboxylic acids is 2. The number of ether oxygens (including phenoxy) is 1. The minimum absolute atomic E-state index is 0.0940. The lowest BCUT2D eigenvalue weighted by Crippen LogP contribution is -2.35. The Morgan fingerprint density at radius 3 is 2.13 bits per heavy atom. The Labute approximate surface area is 182 Å². The number of nitrogens with zero attached hydrogens (tertiary/aromatic N) is 1. The van der Waals surface area contributed by atoms with Crippen molar-refractivity contribution >= 4 is 33.5 Å². The lowest BCUT2D eigenvalue weighted by atomic mass is 10.2. The molecule has 1 atom stereocenters. The quantitative estimate of drug-likeness (QED) is 0.589. The van der Waals surface area contributed by atoms with Crippen molar-refractivity contribution in [2.75, 3.05) is 13.1 Å². The van der Waals surface area contributed by atoms with Gasteiger partial charge in [0.15, 0.2) is 6.10 Å².